The van der Waals surface area contributed by atoms with E-state index in [9.17, 15) is 14.7 Å². The summed E-state index contributed by atoms with van der Waals surface area (Å²) in [6.07, 6.45) is 28.4. The van der Waals surface area contributed by atoms with Gasteiger partial charge in [0.05, 0.1) is 13.2 Å². The van der Waals surface area contributed by atoms with Gasteiger partial charge in [-0.15, -0.1) is 0 Å². The number of benzene rings is 1. The molecule has 0 aliphatic rings. The highest BCUT2D eigenvalue weighted by molar-refractivity contribution is 5.92. The Morgan fingerprint density at radius 2 is 1.44 bits per heavy atom. The van der Waals surface area contributed by atoms with Gasteiger partial charge < -0.3 is 24.6 Å². The Morgan fingerprint density at radius 3 is 2.03 bits per heavy atom. The summed E-state index contributed by atoms with van der Waals surface area (Å²) in [7, 11) is 1.40. The third kappa shape index (κ3) is 17.7. The summed E-state index contributed by atoms with van der Waals surface area (Å²) in [6.45, 7) is 2.61. The van der Waals surface area contributed by atoms with Gasteiger partial charge in [0.1, 0.15) is 17.9 Å². The van der Waals surface area contributed by atoms with Gasteiger partial charge in [0.2, 0.25) is 6.29 Å². The fourth-order valence-electron chi connectivity index (χ4n) is 3.30. The molecular weight excluding hydrogens is 494 g/mol. The number of hydrogen-bond donors (Lipinski definition) is 2. The van der Waals surface area contributed by atoms with Crippen molar-refractivity contribution in [3.05, 3.63) is 90.6 Å². The van der Waals surface area contributed by atoms with E-state index in [1.165, 1.54) is 19.2 Å². The highest BCUT2D eigenvalue weighted by Crippen LogP contribution is 2.16. The standard InChI is InChI=1S/C32H45NO6/c1-3-4-5-6-7-8-9-10-11-12-13-14-15-16-17-18-19-22-26-39-32(37-2)30(35)33-25-27-38-31(36)28-23-20-21-24-29(28)34/h4-5,7-8,10-11,13-14,16-17,20-21,23-24,32,34H,3,6,9,12,15,18-19,22,25-27H2,1-2H3,(H,33,35)/b5-4-,8-7-,11-10-,14-13-,17-16-. The number of ether oxygens (including phenoxy) is 3. The number of nitrogens with one attached hydrogen (secondary N) is 1. The fourth-order valence-corrected chi connectivity index (χ4v) is 3.30. The molecule has 7 nitrogen and oxygen atoms in total. The van der Waals surface area contributed by atoms with Gasteiger partial charge in [0, 0.05) is 7.11 Å². The molecule has 1 amide bonds. The molecule has 0 saturated heterocycles. The molecule has 2 N–H and O–H groups in total. The van der Waals surface area contributed by atoms with Crippen LogP contribution in [0, 0.1) is 0 Å². The molecule has 0 fully saturated rings. The van der Waals surface area contributed by atoms with Crippen molar-refractivity contribution in [2.75, 3.05) is 26.9 Å². The number of unbranched alkanes of at least 4 members (excludes halogenated alkanes) is 2. The zero-order valence-electron chi connectivity index (χ0n) is 23.4. The van der Waals surface area contributed by atoms with Crippen LogP contribution in [0.25, 0.3) is 0 Å². The maximum atomic E-state index is 12.2. The summed E-state index contributed by atoms with van der Waals surface area (Å²) in [4.78, 5) is 24.1. The lowest BCUT2D eigenvalue weighted by Gasteiger charge is -2.16. The zero-order chi connectivity index (χ0) is 28.4. The summed E-state index contributed by atoms with van der Waals surface area (Å²) in [6, 6.07) is 6.11. The van der Waals surface area contributed by atoms with E-state index in [1.54, 1.807) is 12.1 Å². The van der Waals surface area contributed by atoms with Gasteiger partial charge in [0.15, 0.2) is 0 Å². The number of carbonyl (C=O) groups excluding carboxylic acids is 2. The van der Waals surface area contributed by atoms with Crippen LogP contribution in [0.2, 0.25) is 0 Å². The second-order valence-electron chi connectivity index (χ2n) is 8.59. The highest BCUT2D eigenvalue weighted by atomic mass is 16.7. The highest BCUT2D eigenvalue weighted by Gasteiger charge is 2.18. The summed E-state index contributed by atoms with van der Waals surface area (Å²) < 4.78 is 15.7. The maximum absolute atomic E-state index is 12.2. The van der Waals surface area contributed by atoms with Crippen LogP contribution < -0.4 is 5.32 Å². The Hall–Kier alpha value is -3.42. The number of rotatable bonds is 21. The first kappa shape index (κ1) is 33.6. The molecule has 7 heteroatoms. The maximum Gasteiger partial charge on any atom is 0.341 e. The number of hydrogen-bond acceptors (Lipinski definition) is 6. The third-order valence-electron chi connectivity index (χ3n) is 5.38. The molecule has 0 radical (unpaired) electrons. The molecule has 0 saturated carbocycles. The molecule has 0 aliphatic carbocycles. The lowest BCUT2D eigenvalue weighted by Crippen LogP contribution is -2.39. The lowest BCUT2D eigenvalue weighted by atomic mass is 10.2. The van der Waals surface area contributed by atoms with E-state index < -0.39 is 18.2 Å². The van der Waals surface area contributed by atoms with E-state index in [1.807, 2.05) is 0 Å². The van der Waals surface area contributed by atoms with Crippen molar-refractivity contribution in [1.82, 2.24) is 5.32 Å². The Labute approximate surface area is 233 Å². The second kappa shape index (κ2) is 23.7. The van der Waals surface area contributed by atoms with Gasteiger partial charge in [-0.1, -0.05) is 79.8 Å². The number of para-hydroxylation sites is 1. The van der Waals surface area contributed by atoms with Gasteiger partial charge in [-0.3, -0.25) is 4.79 Å². The molecule has 0 heterocycles. The Bertz CT molecular complexity index is 948. The minimum atomic E-state index is -1.02. The van der Waals surface area contributed by atoms with Crippen LogP contribution in [-0.2, 0) is 19.0 Å². The number of methoxy groups -OCH3 is 1. The van der Waals surface area contributed by atoms with Crippen LogP contribution in [0.3, 0.4) is 0 Å². The number of esters is 1. The Kier molecular flexibility index (Phi) is 20.4. The van der Waals surface area contributed by atoms with Gasteiger partial charge in [-0.25, -0.2) is 4.79 Å². The second-order valence-corrected chi connectivity index (χ2v) is 8.59. The van der Waals surface area contributed by atoms with Crippen molar-refractivity contribution in [3.8, 4) is 5.75 Å². The minimum Gasteiger partial charge on any atom is -0.507 e. The number of phenolic OH excluding ortho intramolecular Hbond substituents is 1. The molecule has 214 valence electrons. The zero-order valence-corrected chi connectivity index (χ0v) is 23.4. The molecule has 0 spiro atoms. The van der Waals surface area contributed by atoms with E-state index in [2.05, 4.69) is 73.0 Å². The summed E-state index contributed by atoms with van der Waals surface area (Å²) >= 11 is 0. The molecule has 1 unspecified atom stereocenters. The molecule has 0 aromatic heterocycles. The Balaban J connectivity index is 2.05. The predicted molar refractivity (Wildman–Crippen MR) is 156 cm³/mol. The molecule has 1 atom stereocenters. The van der Waals surface area contributed by atoms with Crippen molar-refractivity contribution in [1.29, 1.82) is 0 Å². The van der Waals surface area contributed by atoms with Crippen molar-refractivity contribution in [2.45, 2.75) is 64.6 Å². The monoisotopic (exact) mass is 539 g/mol. The average molecular weight is 540 g/mol. The number of aromatic hydroxyl groups is 1. The van der Waals surface area contributed by atoms with Crippen LogP contribution in [0.5, 0.6) is 5.75 Å². The summed E-state index contributed by atoms with van der Waals surface area (Å²) in [5.74, 6) is -1.25. The van der Waals surface area contributed by atoms with Gasteiger partial charge in [-0.2, -0.15) is 0 Å². The topological polar surface area (TPSA) is 94.1 Å². The summed E-state index contributed by atoms with van der Waals surface area (Å²) in [5.41, 5.74) is 0.0755. The first-order chi connectivity index (χ1) is 19.1. The van der Waals surface area contributed by atoms with E-state index in [0.717, 1.165) is 51.4 Å². The number of phenols is 1. The molecule has 1 aromatic rings. The van der Waals surface area contributed by atoms with E-state index in [4.69, 9.17) is 14.2 Å². The van der Waals surface area contributed by atoms with Crippen molar-refractivity contribution < 1.29 is 28.9 Å². The van der Waals surface area contributed by atoms with Crippen molar-refractivity contribution in [3.63, 3.8) is 0 Å². The fraction of sp³-hybridized carbons (Fsp3) is 0.438. The summed E-state index contributed by atoms with van der Waals surface area (Å²) in [5, 5.41) is 12.3. The van der Waals surface area contributed by atoms with Crippen LogP contribution in [0.4, 0.5) is 0 Å². The quantitative estimate of drug-likeness (QED) is 0.0794. The van der Waals surface area contributed by atoms with Crippen molar-refractivity contribution >= 4 is 11.9 Å². The number of amides is 1. The predicted octanol–water partition coefficient (Wildman–Crippen LogP) is 6.58. The average Bonchev–Trinajstić information content (AvgIpc) is 2.94. The van der Waals surface area contributed by atoms with E-state index >= 15 is 0 Å². The first-order valence-electron chi connectivity index (χ1n) is 13.7. The van der Waals surface area contributed by atoms with Crippen LogP contribution in [-0.4, -0.2) is 50.1 Å². The largest absolute Gasteiger partial charge is 0.507 e. The van der Waals surface area contributed by atoms with E-state index in [0.29, 0.717) is 6.61 Å². The van der Waals surface area contributed by atoms with Gasteiger partial charge in [0.25, 0.3) is 5.91 Å². The number of carbonyl (C=O) groups is 2. The number of allylic oxidation sites excluding steroid dienone is 10. The molecular formula is C32H45NO6. The molecule has 0 bridgehead atoms. The van der Waals surface area contributed by atoms with Crippen LogP contribution in [0.1, 0.15) is 68.6 Å². The smallest absolute Gasteiger partial charge is 0.341 e. The lowest BCUT2D eigenvalue weighted by molar-refractivity contribution is -0.165. The van der Waals surface area contributed by atoms with Crippen LogP contribution in [0.15, 0.2) is 85.0 Å². The third-order valence-corrected chi connectivity index (χ3v) is 5.38. The first-order valence-corrected chi connectivity index (χ1v) is 13.7. The van der Waals surface area contributed by atoms with Gasteiger partial charge >= 0.3 is 5.97 Å². The van der Waals surface area contributed by atoms with Crippen LogP contribution >= 0.6 is 0 Å². The Morgan fingerprint density at radius 1 is 0.846 bits per heavy atom. The SMILES string of the molecule is CC/C=C\C/C=C\C/C=C\C/C=C\C/C=C\CCCCOC(OC)C(=O)NCCOC(=O)c1ccccc1O. The molecule has 1 aromatic carbocycles. The normalized spacial score (nSPS) is 12.9. The van der Waals surface area contributed by atoms with E-state index in [-0.39, 0.29) is 24.5 Å². The van der Waals surface area contributed by atoms with Gasteiger partial charge in [-0.05, 0) is 63.5 Å². The molecule has 0 aliphatic heterocycles. The van der Waals surface area contributed by atoms with Crippen molar-refractivity contribution in [2.24, 2.45) is 0 Å². The molecule has 1 rings (SSSR count). The molecule has 39 heavy (non-hydrogen) atoms. The minimum absolute atomic E-state index is 0.0391.